The second-order valence-electron chi connectivity index (χ2n) is 5.62. The predicted octanol–water partition coefficient (Wildman–Crippen LogP) is 4.37. The number of nitrogens with zero attached hydrogens (tertiary/aromatic N) is 2. The topological polar surface area (TPSA) is 37.8 Å². The smallest absolute Gasteiger partial charge is 0.131 e. The first kappa shape index (κ1) is 15.0. The first-order valence-electron chi connectivity index (χ1n) is 6.78. The molecule has 3 nitrogen and oxygen atoms in total. The Morgan fingerprint density at radius 1 is 1.15 bits per heavy atom. The predicted molar refractivity (Wildman–Crippen MR) is 86.9 cm³/mol. The lowest BCUT2D eigenvalue weighted by atomic mass is 9.95. The molecule has 0 fully saturated rings. The molecule has 0 aliphatic rings. The van der Waals surface area contributed by atoms with Crippen LogP contribution in [0.2, 0.25) is 0 Å². The third kappa shape index (κ3) is 4.60. The minimum Gasteiger partial charge on any atom is -0.365 e. The Kier molecular flexibility index (Phi) is 4.76. The third-order valence-electron chi connectivity index (χ3n) is 3.15. The number of nitrogens with one attached hydrogen (secondary N) is 1. The molecule has 1 aromatic heterocycles. The van der Waals surface area contributed by atoms with E-state index in [0.717, 1.165) is 29.1 Å². The van der Waals surface area contributed by atoms with E-state index in [9.17, 15) is 0 Å². The van der Waals surface area contributed by atoms with Crippen LogP contribution in [0.3, 0.4) is 0 Å². The molecule has 0 saturated heterocycles. The number of aromatic nitrogens is 2. The molecule has 0 radical (unpaired) electrons. The molecule has 2 aromatic rings. The highest BCUT2D eigenvalue weighted by atomic mass is 79.9. The minimum absolute atomic E-state index is 0.0178. The highest BCUT2D eigenvalue weighted by Gasteiger charge is 2.18. The Bertz CT molecular complexity index is 547. The molecule has 0 spiro atoms. The van der Waals surface area contributed by atoms with Crippen molar-refractivity contribution >= 4 is 21.7 Å². The third-order valence-corrected chi connectivity index (χ3v) is 3.56. The standard InChI is InChI=1S/C16H20BrN3/c1-12-18-14(17)11-15(19-12)20-16(2,3)10-9-13-7-5-4-6-8-13/h4-8,11H,9-10H2,1-3H3,(H,18,19,20). The maximum Gasteiger partial charge on any atom is 0.131 e. The number of hydrogen-bond acceptors (Lipinski definition) is 3. The second-order valence-corrected chi connectivity index (χ2v) is 6.43. The van der Waals surface area contributed by atoms with Crippen molar-refractivity contribution in [2.45, 2.75) is 39.2 Å². The average molecular weight is 334 g/mol. The summed E-state index contributed by atoms with van der Waals surface area (Å²) >= 11 is 3.41. The van der Waals surface area contributed by atoms with E-state index < -0.39 is 0 Å². The van der Waals surface area contributed by atoms with Gasteiger partial charge in [-0.15, -0.1) is 0 Å². The molecule has 20 heavy (non-hydrogen) atoms. The van der Waals surface area contributed by atoms with Crippen LogP contribution in [0.5, 0.6) is 0 Å². The van der Waals surface area contributed by atoms with E-state index in [1.54, 1.807) is 0 Å². The van der Waals surface area contributed by atoms with Gasteiger partial charge in [-0.2, -0.15) is 0 Å². The number of aryl methyl sites for hydroxylation is 2. The summed E-state index contributed by atoms with van der Waals surface area (Å²) in [6.07, 6.45) is 2.09. The van der Waals surface area contributed by atoms with Crippen molar-refractivity contribution in [3.8, 4) is 0 Å². The lowest BCUT2D eigenvalue weighted by Gasteiger charge is -2.27. The zero-order valence-corrected chi connectivity index (χ0v) is 13.7. The van der Waals surface area contributed by atoms with Crippen LogP contribution in [0.25, 0.3) is 0 Å². The zero-order chi connectivity index (χ0) is 14.6. The maximum absolute atomic E-state index is 4.42. The van der Waals surface area contributed by atoms with E-state index in [4.69, 9.17) is 0 Å². The van der Waals surface area contributed by atoms with Crippen molar-refractivity contribution < 1.29 is 0 Å². The number of benzene rings is 1. The molecule has 0 bridgehead atoms. The minimum atomic E-state index is -0.0178. The van der Waals surface area contributed by atoms with Crippen LogP contribution >= 0.6 is 15.9 Å². The van der Waals surface area contributed by atoms with Crippen LogP contribution in [-0.2, 0) is 6.42 Å². The van der Waals surface area contributed by atoms with Crippen molar-refractivity contribution in [3.05, 3.63) is 52.4 Å². The highest BCUT2D eigenvalue weighted by Crippen LogP contribution is 2.21. The van der Waals surface area contributed by atoms with Crippen LogP contribution in [0, 0.1) is 6.92 Å². The van der Waals surface area contributed by atoms with Gasteiger partial charge in [-0.05, 0) is 55.1 Å². The summed E-state index contributed by atoms with van der Waals surface area (Å²) < 4.78 is 0.811. The molecule has 1 heterocycles. The number of rotatable bonds is 5. The molecule has 0 amide bonds. The van der Waals surface area contributed by atoms with Gasteiger partial charge in [0.25, 0.3) is 0 Å². The fraction of sp³-hybridized carbons (Fsp3) is 0.375. The van der Waals surface area contributed by atoms with Gasteiger partial charge in [0.15, 0.2) is 0 Å². The number of anilines is 1. The number of halogens is 1. The van der Waals surface area contributed by atoms with Crippen molar-refractivity contribution in [1.82, 2.24) is 9.97 Å². The molecule has 0 aliphatic heterocycles. The fourth-order valence-corrected chi connectivity index (χ4v) is 2.58. The van der Waals surface area contributed by atoms with E-state index in [1.165, 1.54) is 5.56 Å². The normalized spacial score (nSPS) is 11.4. The molecule has 0 aliphatic carbocycles. The van der Waals surface area contributed by atoms with Gasteiger partial charge in [0.2, 0.25) is 0 Å². The molecule has 4 heteroatoms. The Morgan fingerprint density at radius 2 is 1.85 bits per heavy atom. The van der Waals surface area contributed by atoms with E-state index in [2.05, 4.69) is 69.3 Å². The summed E-state index contributed by atoms with van der Waals surface area (Å²) in [5, 5.41) is 3.49. The quantitative estimate of drug-likeness (QED) is 0.825. The van der Waals surface area contributed by atoms with Gasteiger partial charge in [-0.3, -0.25) is 0 Å². The summed E-state index contributed by atoms with van der Waals surface area (Å²) in [4.78, 5) is 8.65. The lowest BCUT2D eigenvalue weighted by molar-refractivity contribution is 0.516. The zero-order valence-electron chi connectivity index (χ0n) is 12.2. The van der Waals surface area contributed by atoms with Crippen LogP contribution < -0.4 is 5.32 Å². The van der Waals surface area contributed by atoms with Gasteiger partial charge in [-0.1, -0.05) is 30.3 Å². The highest BCUT2D eigenvalue weighted by molar-refractivity contribution is 9.10. The van der Waals surface area contributed by atoms with Crippen LogP contribution in [0.1, 0.15) is 31.7 Å². The van der Waals surface area contributed by atoms with Gasteiger partial charge < -0.3 is 5.32 Å². The first-order valence-corrected chi connectivity index (χ1v) is 7.57. The number of hydrogen-bond donors (Lipinski definition) is 1. The second kappa shape index (κ2) is 6.35. The molecular weight excluding hydrogens is 314 g/mol. The van der Waals surface area contributed by atoms with Gasteiger partial charge in [0, 0.05) is 11.6 Å². The fourth-order valence-electron chi connectivity index (χ4n) is 2.11. The van der Waals surface area contributed by atoms with Crippen molar-refractivity contribution in [2.75, 3.05) is 5.32 Å². The average Bonchev–Trinajstić information content (AvgIpc) is 2.36. The van der Waals surface area contributed by atoms with Gasteiger partial charge in [0.1, 0.15) is 16.2 Å². The first-order chi connectivity index (χ1) is 9.44. The Hall–Kier alpha value is -1.42. The Labute approximate surface area is 129 Å². The summed E-state index contributed by atoms with van der Waals surface area (Å²) in [5.74, 6) is 1.63. The molecule has 2 rings (SSSR count). The molecule has 0 saturated carbocycles. The monoisotopic (exact) mass is 333 g/mol. The Balaban J connectivity index is 1.99. The molecule has 1 N–H and O–H groups in total. The summed E-state index contributed by atoms with van der Waals surface area (Å²) in [6.45, 7) is 6.29. The van der Waals surface area contributed by atoms with Gasteiger partial charge in [-0.25, -0.2) is 9.97 Å². The summed E-state index contributed by atoms with van der Waals surface area (Å²) in [7, 11) is 0. The van der Waals surface area contributed by atoms with Crippen LogP contribution in [0.15, 0.2) is 41.0 Å². The molecular formula is C16H20BrN3. The van der Waals surface area contributed by atoms with E-state index in [-0.39, 0.29) is 5.54 Å². The van der Waals surface area contributed by atoms with Crippen molar-refractivity contribution in [1.29, 1.82) is 0 Å². The van der Waals surface area contributed by atoms with Crippen LogP contribution in [0.4, 0.5) is 5.82 Å². The SMILES string of the molecule is Cc1nc(Br)cc(NC(C)(C)CCc2ccccc2)n1. The van der Waals surface area contributed by atoms with E-state index in [1.807, 2.05) is 19.1 Å². The van der Waals surface area contributed by atoms with Gasteiger partial charge >= 0.3 is 0 Å². The van der Waals surface area contributed by atoms with Gasteiger partial charge in [0.05, 0.1) is 0 Å². The lowest BCUT2D eigenvalue weighted by Crippen LogP contribution is -2.32. The molecule has 0 unspecified atom stereocenters. The van der Waals surface area contributed by atoms with E-state index >= 15 is 0 Å². The largest absolute Gasteiger partial charge is 0.365 e. The van der Waals surface area contributed by atoms with Crippen LogP contribution in [-0.4, -0.2) is 15.5 Å². The van der Waals surface area contributed by atoms with Crippen molar-refractivity contribution in [2.24, 2.45) is 0 Å². The molecule has 106 valence electrons. The summed E-state index contributed by atoms with van der Waals surface area (Å²) in [6, 6.07) is 12.5. The molecule has 0 atom stereocenters. The molecule has 1 aromatic carbocycles. The Morgan fingerprint density at radius 3 is 2.50 bits per heavy atom. The maximum atomic E-state index is 4.42. The van der Waals surface area contributed by atoms with E-state index in [0.29, 0.717) is 0 Å². The summed E-state index contributed by atoms with van der Waals surface area (Å²) in [5.41, 5.74) is 1.35. The van der Waals surface area contributed by atoms with Crippen molar-refractivity contribution in [3.63, 3.8) is 0 Å².